The van der Waals surface area contributed by atoms with E-state index in [1.165, 1.54) is 31.2 Å². The Balaban J connectivity index is 1.84. The Morgan fingerprint density at radius 2 is 1.96 bits per heavy atom. The van der Waals surface area contributed by atoms with Gasteiger partial charge < -0.3 is 10.1 Å². The van der Waals surface area contributed by atoms with Gasteiger partial charge in [-0.05, 0) is 50.5 Å². The highest BCUT2D eigenvalue weighted by Crippen LogP contribution is 2.26. The summed E-state index contributed by atoms with van der Waals surface area (Å²) in [6, 6.07) is 6.06. The van der Waals surface area contributed by atoms with E-state index < -0.39 is 17.8 Å². The molecule has 1 aromatic rings. The van der Waals surface area contributed by atoms with Gasteiger partial charge in [0.25, 0.3) is 11.7 Å². The van der Waals surface area contributed by atoms with Crippen molar-refractivity contribution in [3.8, 4) is 0 Å². The molecular weight excluding hydrogens is 336 g/mol. The van der Waals surface area contributed by atoms with Crippen LogP contribution in [-0.4, -0.2) is 23.7 Å². The fraction of sp³-hybridized carbons (Fsp3) is 0.412. The van der Waals surface area contributed by atoms with Gasteiger partial charge in [-0.3, -0.25) is 9.59 Å². The van der Waals surface area contributed by atoms with E-state index in [1.54, 1.807) is 0 Å². The summed E-state index contributed by atoms with van der Waals surface area (Å²) in [4.78, 5) is 24.5. The van der Waals surface area contributed by atoms with Crippen molar-refractivity contribution in [1.29, 1.82) is 0 Å². The first-order valence-corrected chi connectivity index (χ1v) is 8.55. The smallest absolute Gasteiger partial charge is 0.310 e. The number of ether oxygens (including phenoxy) is 1. The number of allylic oxidation sites excluding steroid dienone is 2. The van der Waals surface area contributed by atoms with Crippen molar-refractivity contribution in [2.75, 3.05) is 5.32 Å². The third kappa shape index (κ3) is 5.63. The summed E-state index contributed by atoms with van der Waals surface area (Å²) < 4.78 is 29.7. The summed E-state index contributed by atoms with van der Waals surface area (Å²) in [5, 5.41) is 2.60. The second-order valence-electron chi connectivity index (χ2n) is 5.45. The van der Waals surface area contributed by atoms with Gasteiger partial charge in [0.2, 0.25) is 0 Å². The first kappa shape index (κ1) is 18.4. The molecule has 0 bridgehead atoms. The molecule has 2 rings (SSSR count). The van der Waals surface area contributed by atoms with E-state index in [4.69, 9.17) is 4.74 Å². The monoisotopic (exact) mass is 355 g/mol. The molecule has 1 aliphatic rings. The highest BCUT2D eigenvalue weighted by molar-refractivity contribution is 7.99. The lowest BCUT2D eigenvalue weighted by Crippen LogP contribution is -2.32. The second-order valence-corrected chi connectivity index (χ2v) is 6.52. The van der Waals surface area contributed by atoms with Gasteiger partial charge in [-0.15, -0.1) is 0 Å². The Kier molecular flexibility index (Phi) is 6.78. The van der Waals surface area contributed by atoms with Gasteiger partial charge in [0, 0.05) is 10.6 Å². The van der Waals surface area contributed by atoms with E-state index in [1.807, 2.05) is 12.2 Å². The minimum absolute atomic E-state index is 0.198. The third-order valence-electron chi connectivity index (χ3n) is 3.61. The molecule has 0 saturated carbocycles. The molecule has 1 aliphatic carbocycles. The van der Waals surface area contributed by atoms with Crippen molar-refractivity contribution in [3.05, 3.63) is 36.4 Å². The van der Waals surface area contributed by atoms with Crippen LogP contribution in [0.1, 0.15) is 26.2 Å². The van der Waals surface area contributed by atoms with Crippen molar-refractivity contribution < 1.29 is 23.1 Å². The van der Waals surface area contributed by atoms with Crippen LogP contribution in [0.4, 0.5) is 14.5 Å². The first-order chi connectivity index (χ1) is 11.5. The second kappa shape index (κ2) is 8.82. The number of hydrogen-bond acceptors (Lipinski definition) is 4. The van der Waals surface area contributed by atoms with Crippen LogP contribution in [0, 0.1) is 5.92 Å². The zero-order chi connectivity index (χ0) is 17.5. The Morgan fingerprint density at radius 3 is 2.54 bits per heavy atom. The number of esters is 1. The average Bonchev–Trinajstić information content (AvgIpc) is 2.56. The largest absolute Gasteiger partial charge is 0.452 e. The quantitative estimate of drug-likeness (QED) is 0.471. The topological polar surface area (TPSA) is 55.4 Å². The predicted octanol–water partition coefficient (Wildman–Crippen LogP) is 4.23. The Morgan fingerprint density at radius 1 is 1.25 bits per heavy atom. The van der Waals surface area contributed by atoms with Gasteiger partial charge in [0.1, 0.15) is 0 Å². The number of anilines is 1. The van der Waals surface area contributed by atoms with Crippen LogP contribution < -0.4 is 5.32 Å². The van der Waals surface area contributed by atoms with Gasteiger partial charge in [-0.1, -0.05) is 23.9 Å². The lowest BCUT2D eigenvalue weighted by atomic mass is 9.95. The van der Waals surface area contributed by atoms with E-state index >= 15 is 0 Å². The van der Waals surface area contributed by atoms with Gasteiger partial charge in [0.05, 0.1) is 5.92 Å². The minimum Gasteiger partial charge on any atom is -0.452 e. The molecule has 1 N–H and O–H groups in total. The number of benzene rings is 1. The molecule has 0 unspecified atom stereocenters. The van der Waals surface area contributed by atoms with E-state index in [9.17, 15) is 18.4 Å². The minimum atomic E-state index is -2.49. The van der Waals surface area contributed by atoms with Crippen LogP contribution in [0.15, 0.2) is 41.3 Å². The van der Waals surface area contributed by atoms with Crippen molar-refractivity contribution in [3.63, 3.8) is 0 Å². The van der Waals surface area contributed by atoms with Crippen LogP contribution in [-0.2, 0) is 14.3 Å². The first-order valence-electron chi connectivity index (χ1n) is 7.67. The van der Waals surface area contributed by atoms with Crippen LogP contribution in [0.5, 0.6) is 0 Å². The fourth-order valence-electron chi connectivity index (χ4n) is 2.30. The number of alkyl halides is 2. The van der Waals surface area contributed by atoms with Crippen molar-refractivity contribution in [2.24, 2.45) is 5.92 Å². The molecule has 0 heterocycles. The number of amides is 1. The maximum absolute atomic E-state index is 12.3. The molecule has 1 amide bonds. The molecule has 0 radical (unpaired) electrons. The summed E-state index contributed by atoms with van der Waals surface area (Å²) >= 11 is 0.436. The number of nitrogens with one attached hydrogen (secondary N) is 1. The Bertz CT molecular complexity index is 604. The molecule has 7 heteroatoms. The SMILES string of the molecule is C[C@H](OC(=O)[C@H]1CC=CCC1)C(=O)Nc1ccc(SC(F)F)cc1. The molecule has 0 spiro atoms. The number of hydrogen-bond donors (Lipinski definition) is 1. The molecule has 0 aromatic heterocycles. The molecule has 0 saturated heterocycles. The summed E-state index contributed by atoms with van der Waals surface area (Å²) in [7, 11) is 0. The number of rotatable bonds is 6. The van der Waals surface area contributed by atoms with Crippen molar-refractivity contribution in [2.45, 2.75) is 42.9 Å². The zero-order valence-corrected chi connectivity index (χ0v) is 14.0. The molecular formula is C17H19F2NO3S. The van der Waals surface area contributed by atoms with E-state index in [-0.39, 0.29) is 11.9 Å². The van der Waals surface area contributed by atoms with Crippen LogP contribution in [0.25, 0.3) is 0 Å². The molecule has 24 heavy (non-hydrogen) atoms. The molecule has 0 fully saturated rings. The molecule has 1 aromatic carbocycles. The Labute approximate surface area is 143 Å². The highest BCUT2D eigenvalue weighted by atomic mass is 32.2. The molecule has 4 nitrogen and oxygen atoms in total. The predicted molar refractivity (Wildman–Crippen MR) is 89.0 cm³/mol. The maximum Gasteiger partial charge on any atom is 0.310 e. The standard InChI is InChI=1S/C17H19F2NO3S/c1-11(23-16(22)12-5-3-2-4-6-12)15(21)20-13-7-9-14(10-8-13)24-17(18)19/h2-3,7-12,17H,4-6H2,1H3,(H,20,21)/t11-,12-/m0/s1. The molecule has 130 valence electrons. The van der Waals surface area contributed by atoms with Crippen molar-refractivity contribution >= 4 is 29.3 Å². The summed E-state index contributed by atoms with van der Waals surface area (Å²) in [6.07, 6.45) is 5.25. The lowest BCUT2D eigenvalue weighted by molar-refractivity contribution is -0.157. The van der Waals surface area contributed by atoms with Gasteiger partial charge in [-0.2, -0.15) is 8.78 Å². The summed E-state index contributed by atoms with van der Waals surface area (Å²) in [5.41, 5.74) is 0.460. The number of carbonyl (C=O) groups excluding carboxylic acids is 2. The Hall–Kier alpha value is -1.89. The summed E-state index contributed by atoms with van der Waals surface area (Å²) in [5.74, 6) is -3.51. The van der Waals surface area contributed by atoms with Crippen molar-refractivity contribution in [1.82, 2.24) is 0 Å². The average molecular weight is 355 g/mol. The third-order valence-corrected chi connectivity index (χ3v) is 4.33. The normalized spacial score (nSPS) is 18.2. The van der Waals surface area contributed by atoms with Gasteiger partial charge >= 0.3 is 5.97 Å². The molecule has 2 atom stereocenters. The van der Waals surface area contributed by atoms with E-state index in [0.717, 1.165) is 12.8 Å². The summed E-state index contributed by atoms with van der Waals surface area (Å²) in [6.45, 7) is 1.51. The van der Waals surface area contributed by atoms with Crippen LogP contribution in [0.3, 0.4) is 0 Å². The number of carbonyl (C=O) groups is 2. The zero-order valence-electron chi connectivity index (χ0n) is 13.2. The van der Waals surface area contributed by atoms with Crippen LogP contribution in [0.2, 0.25) is 0 Å². The van der Waals surface area contributed by atoms with Gasteiger partial charge in [-0.25, -0.2) is 0 Å². The number of thioether (sulfide) groups is 1. The maximum atomic E-state index is 12.3. The van der Waals surface area contributed by atoms with E-state index in [0.29, 0.717) is 28.8 Å². The molecule has 0 aliphatic heterocycles. The van der Waals surface area contributed by atoms with E-state index in [2.05, 4.69) is 5.32 Å². The lowest BCUT2D eigenvalue weighted by Gasteiger charge is -2.19. The van der Waals surface area contributed by atoms with Crippen LogP contribution >= 0.6 is 11.8 Å². The fourth-order valence-corrected chi connectivity index (χ4v) is 2.79. The highest BCUT2D eigenvalue weighted by Gasteiger charge is 2.25. The van der Waals surface area contributed by atoms with Gasteiger partial charge in [0.15, 0.2) is 6.10 Å². The number of halogens is 2.